The minimum absolute atomic E-state index is 0.0601. The number of rotatable bonds is 29. The highest BCUT2D eigenvalue weighted by molar-refractivity contribution is 5.86. The third-order valence-electron chi connectivity index (χ3n) is 12.6. The van der Waals surface area contributed by atoms with Gasteiger partial charge in [-0.15, -0.1) is 0 Å². The minimum Gasteiger partial charge on any atom is -0.484 e. The van der Waals surface area contributed by atoms with E-state index >= 15 is 0 Å². The van der Waals surface area contributed by atoms with Crippen molar-refractivity contribution in [2.45, 2.75) is 128 Å². The van der Waals surface area contributed by atoms with Gasteiger partial charge in [0.2, 0.25) is 12.0 Å². The van der Waals surface area contributed by atoms with Crippen molar-refractivity contribution in [2.24, 2.45) is 0 Å². The first-order valence-electron chi connectivity index (χ1n) is 25.4. The van der Waals surface area contributed by atoms with E-state index in [9.17, 15) is 4.79 Å². The van der Waals surface area contributed by atoms with E-state index in [4.69, 9.17) is 42.3 Å². The molecule has 10 heteroatoms. The Morgan fingerprint density at radius 3 is 1.49 bits per heavy atom. The molecule has 0 aliphatic carbocycles. The first kappa shape index (κ1) is 51.1. The van der Waals surface area contributed by atoms with Gasteiger partial charge in [-0.2, -0.15) is 0 Å². The topological polar surface area (TPSA) is 104 Å². The van der Waals surface area contributed by atoms with Crippen LogP contribution in [0.3, 0.4) is 0 Å². The summed E-state index contributed by atoms with van der Waals surface area (Å²) in [6.07, 6.45) is 6.71. The maximum atomic E-state index is 13.9. The second-order valence-electron chi connectivity index (χ2n) is 18.1. The fourth-order valence-corrected chi connectivity index (χ4v) is 8.77. The highest BCUT2D eigenvalue weighted by Crippen LogP contribution is 2.38. The SMILES string of the molecule is CCCCCCCCCCCOc1c(OCc2ccccc2)c2ccc(O[C@H]3O[C@H](COCc4ccccc4)[C@@H](OCc4ccccc4)[C@H](OCc4ccccc4)[C@@H]3OCc3ccccc3)cc2oc1=O. The lowest BCUT2D eigenvalue weighted by Crippen LogP contribution is -2.62. The quantitative estimate of drug-likeness (QED) is 0.0333. The van der Waals surface area contributed by atoms with Gasteiger partial charge in [-0.1, -0.05) is 210 Å². The summed E-state index contributed by atoms with van der Waals surface area (Å²) in [5.41, 5.74) is 4.58. The molecule has 0 spiro atoms. The molecule has 71 heavy (non-hydrogen) atoms. The Labute approximate surface area is 418 Å². The number of benzene rings is 6. The molecule has 1 saturated heterocycles. The predicted molar refractivity (Wildman–Crippen MR) is 276 cm³/mol. The second-order valence-corrected chi connectivity index (χ2v) is 18.1. The summed E-state index contributed by atoms with van der Waals surface area (Å²) in [5.74, 6) is 0.764. The molecule has 0 bridgehead atoms. The van der Waals surface area contributed by atoms with Crippen LogP contribution in [-0.4, -0.2) is 43.9 Å². The van der Waals surface area contributed by atoms with Gasteiger partial charge in [0, 0.05) is 6.07 Å². The average Bonchev–Trinajstić information content (AvgIpc) is 3.41. The van der Waals surface area contributed by atoms with Crippen molar-refractivity contribution in [1.82, 2.24) is 0 Å². The standard InChI is InChI=1S/C61H68O10/c1-2-3-4-5-6-7-8-9-25-38-64-58-55(65-41-47-28-17-11-18-29-47)52-37-36-51(39-53(52)70-60(58)62)69-61-59(68-44-50-34-23-14-24-35-50)57(67-43-49-32-21-13-22-33-49)56(66-42-48-30-19-12-20-31-48)54(71-61)45-63-40-46-26-15-10-16-27-46/h10-24,26-37,39,54,56-57,59,61H,2-9,25,38,40-45H2,1H3/t54-,56-,57+,59+,61+/m1/s1. The van der Waals surface area contributed by atoms with E-state index in [0.717, 1.165) is 47.1 Å². The summed E-state index contributed by atoms with van der Waals surface area (Å²) in [6.45, 7) is 4.21. The van der Waals surface area contributed by atoms with Crippen LogP contribution in [0.1, 0.15) is 92.5 Å². The van der Waals surface area contributed by atoms with Gasteiger partial charge in [-0.25, -0.2) is 4.79 Å². The monoisotopic (exact) mass is 960 g/mol. The van der Waals surface area contributed by atoms with E-state index in [1.54, 1.807) is 6.07 Å². The molecule has 8 rings (SSSR count). The maximum Gasteiger partial charge on any atom is 0.383 e. The van der Waals surface area contributed by atoms with Crippen molar-refractivity contribution in [1.29, 1.82) is 0 Å². The zero-order chi connectivity index (χ0) is 48.7. The zero-order valence-corrected chi connectivity index (χ0v) is 40.9. The van der Waals surface area contributed by atoms with Gasteiger partial charge in [0.15, 0.2) is 5.75 Å². The summed E-state index contributed by atoms with van der Waals surface area (Å²) in [5, 5.41) is 0.571. The predicted octanol–water partition coefficient (Wildman–Crippen LogP) is 13.4. The van der Waals surface area contributed by atoms with Crippen molar-refractivity contribution in [3.63, 3.8) is 0 Å². The van der Waals surface area contributed by atoms with Crippen molar-refractivity contribution in [3.8, 4) is 17.2 Å². The van der Waals surface area contributed by atoms with Gasteiger partial charge in [0.1, 0.15) is 42.4 Å². The van der Waals surface area contributed by atoms with E-state index in [0.29, 0.717) is 36.7 Å². The molecule has 0 saturated carbocycles. The first-order valence-corrected chi connectivity index (χ1v) is 25.4. The van der Waals surface area contributed by atoms with Crippen LogP contribution in [0.5, 0.6) is 17.2 Å². The molecular weight excluding hydrogens is 893 g/mol. The Morgan fingerprint density at radius 2 is 0.944 bits per heavy atom. The Kier molecular flexibility index (Phi) is 20.1. The number of fused-ring (bicyclic) bond motifs is 1. The number of hydrogen-bond acceptors (Lipinski definition) is 10. The highest BCUT2D eigenvalue weighted by atomic mass is 16.7. The molecule has 6 aromatic carbocycles. The van der Waals surface area contributed by atoms with Crippen LogP contribution in [0.4, 0.5) is 0 Å². The summed E-state index contributed by atoms with van der Waals surface area (Å²) in [7, 11) is 0. The number of ether oxygens (including phenoxy) is 8. The molecule has 0 amide bonds. The molecule has 0 radical (unpaired) electrons. The third-order valence-corrected chi connectivity index (χ3v) is 12.6. The Bertz CT molecular complexity index is 2630. The summed E-state index contributed by atoms with van der Waals surface area (Å²) in [4.78, 5) is 13.9. The lowest BCUT2D eigenvalue weighted by Gasteiger charge is -2.45. The van der Waals surface area contributed by atoms with Crippen molar-refractivity contribution in [2.75, 3.05) is 13.2 Å². The summed E-state index contributed by atoms with van der Waals surface area (Å²) in [6, 6.07) is 55.2. The Hall–Kier alpha value is -6.27. The average molecular weight is 961 g/mol. The largest absolute Gasteiger partial charge is 0.484 e. The molecule has 372 valence electrons. The van der Waals surface area contributed by atoms with E-state index in [1.165, 1.54) is 38.5 Å². The van der Waals surface area contributed by atoms with Crippen molar-refractivity contribution in [3.05, 3.63) is 208 Å². The lowest BCUT2D eigenvalue weighted by atomic mass is 9.97. The fourth-order valence-electron chi connectivity index (χ4n) is 8.77. The van der Waals surface area contributed by atoms with Gasteiger partial charge >= 0.3 is 5.63 Å². The summed E-state index contributed by atoms with van der Waals surface area (Å²) < 4.78 is 59.6. The van der Waals surface area contributed by atoms with Crippen LogP contribution < -0.4 is 19.8 Å². The third kappa shape index (κ3) is 15.6. The molecule has 1 aliphatic heterocycles. The highest BCUT2D eigenvalue weighted by Gasteiger charge is 2.50. The normalized spacial score (nSPS) is 17.8. The van der Waals surface area contributed by atoms with Gasteiger partial charge < -0.3 is 42.3 Å². The molecule has 2 heterocycles. The Balaban J connectivity index is 1.09. The van der Waals surface area contributed by atoms with E-state index in [-0.39, 0.29) is 37.8 Å². The second kappa shape index (κ2) is 27.9. The first-order chi connectivity index (χ1) is 35.1. The van der Waals surface area contributed by atoms with Crippen molar-refractivity contribution < 1.29 is 42.3 Å². The molecule has 0 unspecified atom stereocenters. The molecule has 0 N–H and O–H groups in total. The van der Waals surface area contributed by atoms with Crippen molar-refractivity contribution >= 4 is 11.0 Å². The fraction of sp³-hybridized carbons (Fsp3) is 0.361. The number of unbranched alkanes of at least 4 members (excludes halogenated alkanes) is 8. The minimum atomic E-state index is -1.03. The van der Waals surface area contributed by atoms with Crippen LogP contribution >= 0.6 is 0 Å². The van der Waals surface area contributed by atoms with Gasteiger partial charge in [-0.05, 0) is 46.4 Å². The molecule has 1 aromatic heterocycles. The van der Waals surface area contributed by atoms with E-state index in [1.807, 2.05) is 164 Å². The summed E-state index contributed by atoms with van der Waals surface area (Å²) >= 11 is 0. The molecule has 1 fully saturated rings. The van der Waals surface area contributed by atoms with Crippen LogP contribution in [0.2, 0.25) is 0 Å². The molecule has 5 atom stereocenters. The van der Waals surface area contributed by atoms with Gasteiger partial charge in [0.25, 0.3) is 0 Å². The van der Waals surface area contributed by atoms with Gasteiger partial charge in [-0.3, -0.25) is 0 Å². The van der Waals surface area contributed by atoms with E-state index < -0.39 is 36.3 Å². The zero-order valence-electron chi connectivity index (χ0n) is 40.9. The maximum absolute atomic E-state index is 13.9. The van der Waals surface area contributed by atoms with E-state index in [2.05, 4.69) is 6.92 Å². The molecule has 1 aliphatic rings. The van der Waals surface area contributed by atoms with Crippen LogP contribution in [-0.2, 0) is 56.7 Å². The molecule has 10 nitrogen and oxygen atoms in total. The lowest BCUT2D eigenvalue weighted by molar-refractivity contribution is -0.310. The van der Waals surface area contributed by atoms with Gasteiger partial charge in [0.05, 0.1) is 45.0 Å². The molecule has 7 aromatic rings. The van der Waals surface area contributed by atoms with Crippen LogP contribution in [0.15, 0.2) is 179 Å². The molecular formula is C61H68O10. The van der Waals surface area contributed by atoms with Crippen LogP contribution in [0.25, 0.3) is 11.0 Å². The van der Waals surface area contributed by atoms with Crippen LogP contribution in [0, 0.1) is 0 Å². The number of hydrogen-bond donors (Lipinski definition) is 0. The smallest absolute Gasteiger partial charge is 0.383 e. The Morgan fingerprint density at radius 1 is 0.465 bits per heavy atom.